The van der Waals surface area contributed by atoms with Crippen molar-refractivity contribution in [2.75, 3.05) is 4.31 Å². The Morgan fingerprint density at radius 3 is 2.52 bits per heavy atom. The van der Waals surface area contributed by atoms with E-state index in [1.807, 2.05) is 0 Å². The van der Waals surface area contributed by atoms with Crippen LogP contribution in [0, 0.1) is 5.82 Å². The highest BCUT2D eigenvalue weighted by Crippen LogP contribution is 2.39. The van der Waals surface area contributed by atoms with E-state index < -0.39 is 23.1 Å². The Labute approximate surface area is 148 Å². The van der Waals surface area contributed by atoms with E-state index in [2.05, 4.69) is 4.98 Å². The van der Waals surface area contributed by atoms with Gasteiger partial charge in [0.1, 0.15) is 16.5 Å². The van der Waals surface area contributed by atoms with Crippen LogP contribution in [0.4, 0.5) is 15.9 Å². The number of carbonyl (C=O) groups is 1. The maximum atomic E-state index is 13.1. The Morgan fingerprint density at radius 2 is 1.96 bits per heavy atom. The fourth-order valence-electron chi connectivity index (χ4n) is 2.20. The molecule has 25 heavy (non-hydrogen) atoms. The molecule has 1 aromatic carbocycles. The van der Waals surface area contributed by atoms with Gasteiger partial charge in [-0.15, -0.1) is 11.3 Å². The van der Waals surface area contributed by atoms with Crippen molar-refractivity contribution in [2.45, 2.75) is 0 Å². The van der Waals surface area contributed by atoms with Crippen LogP contribution in [-0.2, 0) is 11.3 Å². The summed E-state index contributed by atoms with van der Waals surface area (Å²) < 4.78 is 37.3. The molecule has 0 bridgehead atoms. The first kappa shape index (κ1) is 17.2. The molecule has 2 heterocycles. The van der Waals surface area contributed by atoms with Gasteiger partial charge in [-0.05, 0) is 35.9 Å². The number of carboxylic acids is 1. The summed E-state index contributed by atoms with van der Waals surface area (Å²) in [7, 11) is 0. The fraction of sp³-hybridized carbons (Fsp3) is 0. The maximum absolute atomic E-state index is 13.1. The summed E-state index contributed by atoms with van der Waals surface area (Å²) in [6.07, 6.45) is 1.41. The number of anilines is 2. The van der Waals surface area contributed by atoms with Crippen LogP contribution in [0.15, 0.2) is 54.7 Å². The Bertz CT molecular complexity index is 929. The number of hydrogen-bond donors (Lipinski definition) is 1. The lowest BCUT2D eigenvalue weighted by Crippen LogP contribution is -2.21. The van der Waals surface area contributed by atoms with Crippen LogP contribution in [0.1, 0.15) is 9.67 Å². The van der Waals surface area contributed by atoms with E-state index >= 15 is 0 Å². The van der Waals surface area contributed by atoms with Crippen LogP contribution in [0.3, 0.4) is 0 Å². The molecular formula is C16H10FN2O4S2-. The van der Waals surface area contributed by atoms with E-state index in [1.54, 1.807) is 12.1 Å². The van der Waals surface area contributed by atoms with E-state index in [9.17, 15) is 23.1 Å². The highest BCUT2D eigenvalue weighted by molar-refractivity contribution is 7.81. The molecule has 0 spiro atoms. The Hall–Kier alpha value is -2.62. The molecule has 128 valence electrons. The van der Waals surface area contributed by atoms with Crippen LogP contribution in [0.2, 0.25) is 0 Å². The number of pyridine rings is 1. The van der Waals surface area contributed by atoms with E-state index in [-0.39, 0.29) is 16.4 Å². The van der Waals surface area contributed by atoms with E-state index in [0.717, 1.165) is 15.6 Å². The molecule has 9 heteroatoms. The van der Waals surface area contributed by atoms with Crippen molar-refractivity contribution < 1.29 is 23.1 Å². The second-order valence-electron chi connectivity index (χ2n) is 4.84. The summed E-state index contributed by atoms with van der Waals surface area (Å²) in [5, 5.41) is 9.45. The van der Waals surface area contributed by atoms with Gasteiger partial charge in [-0.2, -0.15) is 0 Å². The third kappa shape index (κ3) is 3.58. The topological polar surface area (TPSA) is 93.6 Å². The lowest BCUT2D eigenvalue weighted by atomic mass is 10.2. The molecule has 1 atom stereocenters. The van der Waals surface area contributed by atoms with Gasteiger partial charge in [0.15, 0.2) is 0 Å². The van der Waals surface area contributed by atoms with Gasteiger partial charge in [-0.25, -0.2) is 14.2 Å². The van der Waals surface area contributed by atoms with Crippen molar-refractivity contribution in [3.05, 3.63) is 65.4 Å². The summed E-state index contributed by atoms with van der Waals surface area (Å²) in [6.45, 7) is 0. The van der Waals surface area contributed by atoms with Crippen molar-refractivity contribution in [1.82, 2.24) is 4.98 Å². The third-order valence-corrected chi connectivity index (χ3v) is 5.10. The van der Waals surface area contributed by atoms with Crippen LogP contribution in [0.5, 0.6) is 0 Å². The zero-order chi connectivity index (χ0) is 18.0. The summed E-state index contributed by atoms with van der Waals surface area (Å²) in [4.78, 5) is 15.9. The quantitative estimate of drug-likeness (QED) is 0.686. The monoisotopic (exact) mass is 377 g/mol. The summed E-state index contributed by atoms with van der Waals surface area (Å²) in [6, 6.07) is 11.6. The molecule has 0 amide bonds. The SMILES string of the molecule is O=C(O)c1sc(-c2ccc(F)cc2)cc1N(c1ccccn1)S(=O)[O-]. The molecular weight excluding hydrogens is 367 g/mol. The maximum Gasteiger partial charge on any atom is 0.348 e. The number of halogens is 1. The number of aromatic carboxylic acids is 1. The number of aromatic nitrogens is 1. The molecule has 0 aliphatic rings. The van der Waals surface area contributed by atoms with Crippen molar-refractivity contribution in [3.63, 3.8) is 0 Å². The lowest BCUT2D eigenvalue weighted by molar-refractivity contribution is 0.0703. The standard InChI is InChI=1S/C16H11FN2O4S2/c17-11-6-4-10(5-7-11)13-9-12(15(24-13)16(20)21)19(25(22)23)14-3-1-2-8-18-14/h1-9H,(H,20,21)(H,22,23)/p-1. The van der Waals surface area contributed by atoms with Crippen LogP contribution in [-0.4, -0.2) is 24.8 Å². The van der Waals surface area contributed by atoms with Gasteiger partial charge in [-0.3, -0.25) is 8.51 Å². The number of carboxylic acid groups (broad SMARTS) is 1. The van der Waals surface area contributed by atoms with Crippen molar-refractivity contribution in [3.8, 4) is 10.4 Å². The van der Waals surface area contributed by atoms with Crippen molar-refractivity contribution >= 4 is 40.1 Å². The van der Waals surface area contributed by atoms with Gasteiger partial charge < -0.3 is 9.66 Å². The minimum absolute atomic E-state index is 0.0242. The second-order valence-corrected chi connectivity index (χ2v) is 6.69. The average molecular weight is 377 g/mol. The average Bonchev–Trinajstić information content (AvgIpc) is 3.01. The molecule has 0 fully saturated rings. The molecule has 1 N–H and O–H groups in total. The minimum atomic E-state index is -2.77. The summed E-state index contributed by atoms with van der Waals surface area (Å²) in [5.74, 6) is -1.61. The highest BCUT2D eigenvalue weighted by Gasteiger charge is 2.23. The predicted molar refractivity (Wildman–Crippen MR) is 92.0 cm³/mol. The van der Waals surface area contributed by atoms with Crippen LogP contribution >= 0.6 is 11.3 Å². The van der Waals surface area contributed by atoms with E-state index in [1.165, 1.54) is 42.6 Å². The molecule has 3 rings (SSSR count). The molecule has 6 nitrogen and oxygen atoms in total. The molecule has 0 aliphatic heterocycles. The summed E-state index contributed by atoms with van der Waals surface area (Å²) in [5.41, 5.74) is 0.557. The van der Waals surface area contributed by atoms with Gasteiger partial charge in [0, 0.05) is 11.1 Å². The normalized spacial score (nSPS) is 11.9. The Kier molecular flexibility index (Phi) is 4.88. The number of nitrogens with zero attached hydrogens (tertiary/aromatic N) is 2. The fourth-order valence-corrected chi connectivity index (χ4v) is 3.81. The molecule has 1 unspecified atom stereocenters. The first-order valence-electron chi connectivity index (χ1n) is 6.91. The third-order valence-electron chi connectivity index (χ3n) is 3.26. The van der Waals surface area contributed by atoms with Gasteiger partial charge in [0.2, 0.25) is 0 Å². The first-order chi connectivity index (χ1) is 12.0. The van der Waals surface area contributed by atoms with Crippen molar-refractivity contribution in [1.29, 1.82) is 0 Å². The smallest absolute Gasteiger partial charge is 0.348 e. The number of thiophene rings is 1. The van der Waals surface area contributed by atoms with Gasteiger partial charge in [0.25, 0.3) is 0 Å². The zero-order valence-corrected chi connectivity index (χ0v) is 14.1. The molecule has 0 saturated carbocycles. The van der Waals surface area contributed by atoms with Gasteiger partial charge in [-0.1, -0.05) is 18.2 Å². The molecule has 3 aromatic rings. The lowest BCUT2D eigenvalue weighted by Gasteiger charge is -2.24. The largest absolute Gasteiger partial charge is 0.755 e. The van der Waals surface area contributed by atoms with Gasteiger partial charge >= 0.3 is 5.97 Å². The zero-order valence-electron chi connectivity index (χ0n) is 12.5. The van der Waals surface area contributed by atoms with Crippen LogP contribution in [0.25, 0.3) is 10.4 Å². The second kappa shape index (κ2) is 7.09. The molecule has 0 saturated heterocycles. The van der Waals surface area contributed by atoms with Crippen molar-refractivity contribution in [2.24, 2.45) is 0 Å². The first-order valence-corrected chi connectivity index (χ1v) is 8.76. The summed E-state index contributed by atoms with van der Waals surface area (Å²) >= 11 is -1.87. The van der Waals surface area contributed by atoms with Gasteiger partial charge in [0.05, 0.1) is 17.0 Å². The number of hydrogen-bond acceptors (Lipinski definition) is 5. The van der Waals surface area contributed by atoms with Crippen LogP contribution < -0.4 is 4.31 Å². The number of rotatable bonds is 5. The minimum Gasteiger partial charge on any atom is -0.755 e. The number of benzene rings is 1. The molecule has 2 aromatic heterocycles. The highest BCUT2D eigenvalue weighted by atomic mass is 32.2. The van der Waals surface area contributed by atoms with E-state index in [4.69, 9.17) is 0 Å². The molecule has 0 radical (unpaired) electrons. The van der Waals surface area contributed by atoms with E-state index in [0.29, 0.717) is 10.4 Å². The Morgan fingerprint density at radius 1 is 1.24 bits per heavy atom. The molecule has 0 aliphatic carbocycles. The Balaban J connectivity index is 2.15. The predicted octanol–water partition coefficient (Wildman–Crippen LogP) is 3.58.